The van der Waals surface area contributed by atoms with Crippen LogP contribution in [0.15, 0.2) is 0 Å². The van der Waals surface area contributed by atoms with Gasteiger partial charge >= 0.3 is 6.09 Å². The maximum Gasteiger partial charge on any atom is 0.410 e. The fourth-order valence-electron chi connectivity index (χ4n) is 1.86. The van der Waals surface area contributed by atoms with Crippen LogP contribution < -0.4 is 0 Å². The van der Waals surface area contributed by atoms with Crippen molar-refractivity contribution in [2.75, 3.05) is 26.3 Å². The molecule has 5 nitrogen and oxygen atoms in total. The molecule has 1 rings (SSSR count). The average molecular weight is 271 g/mol. The van der Waals surface area contributed by atoms with Crippen molar-refractivity contribution in [3.05, 3.63) is 0 Å². The third-order valence-corrected chi connectivity index (χ3v) is 2.80. The van der Waals surface area contributed by atoms with E-state index in [1.807, 2.05) is 20.8 Å². The van der Waals surface area contributed by atoms with Crippen molar-refractivity contribution < 1.29 is 19.1 Å². The molecule has 1 heterocycles. The topological polar surface area (TPSA) is 55.8 Å². The molecule has 0 atom stereocenters. The van der Waals surface area contributed by atoms with Crippen molar-refractivity contribution in [3.8, 4) is 0 Å². The van der Waals surface area contributed by atoms with Gasteiger partial charge in [-0.25, -0.2) is 4.79 Å². The minimum absolute atomic E-state index is 0.144. The van der Waals surface area contributed by atoms with E-state index in [2.05, 4.69) is 0 Å². The number of rotatable bonds is 0. The molecule has 19 heavy (non-hydrogen) atoms. The number of ketones is 1. The lowest BCUT2D eigenvalue weighted by atomic mass is 10.1. The third-order valence-electron chi connectivity index (χ3n) is 2.80. The number of ether oxygens (including phenoxy) is 2. The number of nitrogens with zero attached hydrogens (tertiary/aromatic N) is 1. The molecule has 1 fully saturated rings. The summed E-state index contributed by atoms with van der Waals surface area (Å²) in [5.41, 5.74) is -0.486. The second-order valence-electron chi connectivity index (χ2n) is 5.87. The highest BCUT2D eigenvalue weighted by atomic mass is 16.6. The van der Waals surface area contributed by atoms with E-state index in [1.54, 1.807) is 4.90 Å². The first-order valence-electron chi connectivity index (χ1n) is 6.96. The van der Waals surface area contributed by atoms with E-state index in [1.165, 1.54) is 0 Å². The maximum atomic E-state index is 12.0. The first-order valence-corrected chi connectivity index (χ1v) is 6.96. The fraction of sp³-hybridized carbons (Fsp3) is 0.857. The quantitative estimate of drug-likeness (QED) is 0.679. The van der Waals surface area contributed by atoms with Crippen LogP contribution in [0.3, 0.4) is 0 Å². The van der Waals surface area contributed by atoms with Gasteiger partial charge in [0.05, 0.1) is 6.61 Å². The van der Waals surface area contributed by atoms with Crippen LogP contribution in [-0.2, 0) is 14.3 Å². The van der Waals surface area contributed by atoms with Gasteiger partial charge in [0.1, 0.15) is 12.2 Å². The minimum Gasteiger partial charge on any atom is -0.444 e. The summed E-state index contributed by atoms with van der Waals surface area (Å²) in [6.45, 7) is 7.23. The normalized spacial score (nSPS) is 19.7. The Morgan fingerprint density at radius 3 is 2.63 bits per heavy atom. The Morgan fingerprint density at radius 1 is 1.21 bits per heavy atom. The largest absolute Gasteiger partial charge is 0.444 e. The predicted molar refractivity (Wildman–Crippen MR) is 72.1 cm³/mol. The Bertz CT molecular complexity index is 309. The molecule has 0 aliphatic carbocycles. The molecule has 5 heteroatoms. The van der Waals surface area contributed by atoms with Crippen LogP contribution in [-0.4, -0.2) is 48.7 Å². The lowest BCUT2D eigenvalue weighted by Gasteiger charge is -2.27. The van der Waals surface area contributed by atoms with Crippen molar-refractivity contribution in [3.63, 3.8) is 0 Å². The molecule has 1 aliphatic heterocycles. The van der Waals surface area contributed by atoms with Crippen LogP contribution in [0.1, 0.15) is 46.5 Å². The van der Waals surface area contributed by atoms with E-state index in [4.69, 9.17) is 9.47 Å². The lowest BCUT2D eigenvalue weighted by molar-refractivity contribution is -0.123. The molecule has 110 valence electrons. The van der Waals surface area contributed by atoms with E-state index in [0.29, 0.717) is 26.1 Å². The van der Waals surface area contributed by atoms with Crippen LogP contribution in [0, 0.1) is 0 Å². The first-order chi connectivity index (χ1) is 8.88. The maximum absolute atomic E-state index is 12.0. The van der Waals surface area contributed by atoms with Crippen LogP contribution in [0.2, 0.25) is 0 Å². The molecule has 1 amide bonds. The summed E-state index contributed by atoms with van der Waals surface area (Å²) in [6.07, 6.45) is 2.98. The van der Waals surface area contributed by atoms with Gasteiger partial charge in [0.2, 0.25) is 0 Å². The molecule has 0 aromatic heterocycles. The molecule has 0 unspecified atom stereocenters. The number of hydrogen-bond acceptors (Lipinski definition) is 4. The lowest BCUT2D eigenvalue weighted by Crippen LogP contribution is -2.39. The third kappa shape index (κ3) is 7.15. The zero-order valence-electron chi connectivity index (χ0n) is 12.2. The Morgan fingerprint density at radius 2 is 1.95 bits per heavy atom. The van der Waals surface area contributed by atoms with E-state index in [0.717, 1.165) is 19.3 Å². The van der Waals surface area contributed by atoms with Gasteiger partial charge in [-0.05, 0) is 33.6 Å². The standard InChI is InChI=1S/C14H25NO4/c1-14(2,3)19-13(17)15-8-6-4-5-7-12(16)11-18-10-9-15/h4-11H2,1-3H3. The van der Waals surface area contributed by atoms with Gasteiger partial charge in [0.25, 0.3) is 0 Å². The van der Waals surface area contributed by atoms with Crippen molar-refractivity contribution in [2.45, 2.75) is 52.1 Å². The van der Waals surface area contributed by atoms with Gasteiger partial charge in [-0.3, -0.25) is 4.79 Å². The number of amides is 1. The highest BCUT2D eigenvalue weighted by molar-refractivity contribution is 5.79. The van der Waals surface area contributed by atoms with Gasteiger partial charge in [-0.2, -0.15) is 0 Å². The fourth-order valence-corrected chi connectivity index (χ4v) is 1.86. The molecular weight excluding hydrogens is 246 g/mol. The van der Waals surface area contributed by atoms with Crippen molar-refractivity contribution >= 4 is 11.9 Å². The molecule has 1 saturated heterocycles. The number of Topliss-reactive ketones (excluding diaryl/α,β-unsaturated/α-hetero) is 1. The van der Waals surface area contributed by atoms with E-state index >= 15 is 0 Å². The van der Waals surface area contributed by atoms with Crippen LogP contribution in [0.25, 0.3) is 0 Å². The summed E-state index contributed by atoms with van der Waals surface area (Å²) in [5.74, 6) is 0.144. The molecule has 0 bridgehead atoms. The first kappa shape index (κ1) is 16.0. The molecule has 1 aliphatic rings. The molecule has 0 N–H and O–H groups in total. The smallest absolute Gasteiger partial charge is 0.410 e. The summed E-state index contributed by atoms with van der Waals surface area (Å²) in [5, 5.41) is 0. The molecule has 0 spiro atoms. The Balaban J connectivity index is 2.50. The van der Waals surface area contributed by atoms with Gasteiger partial charge < -0.3 is 14.4 Å². The van der Waals surface area contributed by atoms with Gasteiger partial charge in [-0.15, -0.1) is 0 Å². The number of carbonyl (C=O) groups excluding carboxylic acids is 2. The monoisotopic (exact) mass is 271 g/mol. The van der Waals surface area contributed by atoms with Crippen molar-refractivity contribution in [1.82, 2.24) is 4.90 Å². The summed E-state index contributed by atoms with van der Waals surface area (Å²) < 4.78 is 10.7. The van der Waals surface area contributed by atoms with Crippen LogP contribution in [0.5, 0.6) is 0 Å². The van der Waals surface area contributed by atoms with E-state index in [-0.39, 0.29) is 18.5 Å². The molecule has 0 saturated carbocycles. The number of carbonyl (C=O) groups is 2. The summed E-state index contributed by atoms with van der Waals surface area (Å²) in [6, 6.07) is 0. The Hall–Kier alpha value is -1.10. The SMILES string of the molecule is CC(C)(C)OC(=O)N1CCCCCC(=O)COCC1. The van der Waals surface area contributed by atoms with Gasteiger partial charge in [0, 0.05) is 19.5 Å². The van der Waals surface area contributed by atoms with E-state index < -0.39 is 5.60 Å². The zero-order valence-corrected chi connectivity index (χ0v) is 12.2. The number of hydrogen-bond donors (Lipinski definition) is 0. The highest BCUT2D eigenvalue weighted by Gasteiger charge is 2.22. The minimum atomic E-state index is -0.486. The van der Waals surface area contributed by atoms with Crippen LogP contribution in [0.4, 0.5) is 4.79 Å². The summed E-state index contributed by atoms with van der Waals surface area (Å²) in [4.78, 5) is 25.1. The van der Waals surface area contributed by atoms with Crippen LogP contribution >= 0.6 is 0 Å². The second kappa shape index (κ2) is 7.48. The van der Waals surface area contributed by atoms with Gasteiger partial charge in [0.15, 0.2) is 5.78 Å². The average Bonchev–Trinajstić information content (AvgIpc) is 2.32. The van der Waals surface area contributed by atoms with Crippen molar-refractivity contribution in [1.29, 1.82) is 0 Å². The molecule has 0 aromatic carbocycles. The molecular formula is C14H25NO4. The Labute approximate surface area is 115 Å². The second-order valence-corrected chi connectivity index (χ2v) is 5.87. The molecule has 0 radical (unpaired) electrons. The predicted octanol–water partition coefficient (Wildman–Crippen LogP) is 2.38. The Kier molecular flexibility index (Phi) is 6.28. The highest BCUT2D eigenvalue weighted by Crippen LogP contribution is 2.12. The van der Waals surface area contributed by atoms with Gasteiger partial charge in [-0.1, -0.05) is 6.42 Å². The summed E-state index contributed by atoms with van der Waals surface area (Å²) >= 11 is 0. The molecule has 0 aromatic rings. The van der Waals surface area contributed by atoms with Crippen molar-refractivity contribution in [2.24, 2.45) is 0 Å². The zero-order chi connectivity index (χ0) is 14.3. The van der Waals surface area contributed by atoms with E-state index in [9.17, 15) is 9.59 Å². The summed E-state index contributed by atoms with van der Waals surface area (Å²) in [7, 11) is 0.